The highest BCUT2D eigenvalue weighted by Crippen LogP contribution is 2.41. The molecule has 8 heteroatoms. The minimum Gasteiger partial charge on any atom is -0.493 e. The summed E-state index contributed by atoms with van der Waals surface area (Å²) in [5, 5.41) is 0.517. The zero-order valence-corrected chi connectivity index (χ0v) is 18.3. The van der Waals surface area contributed by atoms with Gasteiger partial charge in [-0.15, -0.1) is 11.8 Å². The molecule has 1 aliphatic rings. The second-order valence-corrected chi connectivity index (χ2v) is 7.99. The number of ether oxygens (including phenoxy) is 2. The first-order chi connectivity index (χ1) is 15.0. The number of halogens is 1. The van der Waals surface area contributed by atoms with E-state index in [0.29, 0.717) is 49.8 Å². The van der Waals surface area contributed by atoms with Crippen molar-refractivity contribution < 1.29 is 23.5 Å². The number of amides is 2. The van der Waals surface area contributed by atoms with Gasteiger partial charge in [-0.25, -0.2) is 4.90 Å². The van der Waals surface area contributed by atoms with Crippen LogP contribution in [0.5, 0.6) is 11.5 Å². The van der Waals surface area contributed by atoms with Gasteiger partial charge in [0.15, 0.2) is 11.5 Å². The van der Waals surface area contributed by atoms with Crippen LogP contribution in [0.2, 0.25) is 5.02 Å². The van der Waals surface area contributed by atoms with Crippen LogP contribution in [0.4, 0.5) is 5.69 Å². The van der Waals surface area contributed by atoms with Gasteiger partial charge in [-0.1, -0.05) is 17.7 Å². The van der Waals surface area contributed by atoms with E-state index >= 15 is 0 Å². The molecule has 1 aliphatic heterocycles. The lowest BCUT2D eigenvalue weighted by molar-refractivity contribution is -0.119. The summed E-state index contributed by atoms with van der Waals surface area (Å²) in [5.74, 6) is 1.30. The molecule has 0 N–H and O–H groups in total. The highest BCUT2D eigenvalue weighted by atomic mass is 35.5. The van der Waals surface area contributed by atoms with Crippen LogP contribution >= 0.6 is 23.4 Å². The fourth-order valence-electron chi connectivity index (χ4n) is 3.25. The molecule has 0 radical (unpaired) electrons. The van der Waals surface area contributed by atoms with E-state index in [4.69, 9.17) is 25.5 Å². The molecular weight excluding hydrogens is 438 g/mol. The first-order valence-electron chi connectivity index (χ1n) is 9.29. The SMILES string of the molecule is COc1ccc(C2=C(SCc3ccco3)C(=O)N(c3ccc(Cl)cc3)C2=O)cc1OC. The van der Waals surface area contributed by atoms with E-state index in [9.17, 15) is 9.59 Å². The van der Waals surface area contributed by atoms with E-state index in [1.165, 1.54) is 26.0 Å². The Morgan fingerprint density at radius 2 is 1.71 bits per heavy atom. The van der Waals surface area contributed by atoms with Gasteiger partial charge in [0, 0.05) is 5.02 Å². The van der Waals surface area contributed by atoms with Crippen LogP contribution in [-0.2, 0) is 15.3 Å². The number of anilines is 1. The molecule has 3 aromatic rings. The van der Waals surface area contributed by atoms with E-state index in [-0.39, 0.29) is 0 Å². The third-order valence-electron chi connectivity index (χ3n) is 4.74. The molecule has 2 heterocycles. The molecule has 6 nitrogen and oxygen atoms in total. The maximum atomic E-state index is 13.4. The summed E-state index contributed by atoms with van der Waals surface area (Å²) in [5.41, 5.74) is 1.32. The smallest absolute Gasteiger partial charge is 0.272 e. The molecular formula is C23H18ClNO5S. The molecule has 31 heavy (non-hydrogen) atoms. The monoisotopic (exact) mass is 455 g/mol. The lowest BCUT2D eigenvalue weighted by atomic mass is 10.1. The Balaban J connectivity index is 1.78. The van der Waals surface area contributed by atoms with Gasteiger partial charge in [0.1, 0.15) is 5.76 Å². The summed E-state index contributed by atoms with van der Waals surface area (Å²) in [6, 6.07) is 15.3. The largest absolute Gasteiger partial charge is 0.493 e. The molecule has 0 aliphatic carbocycles. The van der Waals surface area contributed by atoms with E-state index in [2.05, 4.69) is 0 Å². The lowest BCUT2D eigenvalue weighted by Crippen LogP contribution is -2.31. The van der Waals surface area contributed by atoms with Crippen LogP contribution in [-0.4, -0.2) is 26.0 Å². The van der Waals surface area contributed by atoms with Crippen molar-refractivity contribution >= 4 is 46.4 Å². The van der Waals surface area contributed by atoms with Crippen LogP contribution in [0.1, 0.15) is 11.3 Å². The average Bonchev–Trinajstić information content (AvgIpc) is 3.38. The predicted molar refractivity (Wildman–Crippen MR) is 120 cm³/mol. The Hall–Kier alpha value is -3.16. The normalized spacial score (nSPS) is 13.8. The highest BCUT2D eigenvalue weighted by molar-refractivity contribution is 8.03. The van der Waals surface area contributed by atoms with E-state index in [1.807, 2.05) is 6.07 Å². The number of nitrogens with zero attached hydrogens (tertiary/aromatic N) is 1. The summed E-state index contributed by atoms with van der Waals surface area (Å²) in [4.78, 5) is 28.3. The molecule has 0 bridgehead atoms. The molecule has 0 atom stereocenters. The number of carbonyl (C=O) groups is 2. The summed E-state index contributed by atoms with van der Waals surface area (Å²) >= 11 is 7.23. The minimum atomic E-state index is -0.415. The molecule has 4 rings (SSSR count). The number of rotatable bonds is 7. The van der Waals surface area contributed by atoms with Gasteiger partial charge in [-0.2, -0.15) is 0 Å². The Morgan fingerprint density at radius 1 is 0.968 bits per heavy atom. The number of thioether (sulfide) groups is 1. The van der Waals surface area contributed by atoms with Crippen molar-refractivity contribution in [3.05, 3.63) is 82.1 Å². The highest BCUT2D eigenvalue weighted by Gasteiger charge is 2.40. The third-order valence-corrected chi connectivity index (χ3v) is 6.09. The Kier molecular flexibility index (Phi) is 6.06. The lowest BCUT2D eigenvalue weighted by Gasteiger charge is -2.15. The number of imide groups is 1. The van der Waals surface area contributed by atoms with Crippen molar-refractivity contribution in [1.29, 1.82) is 0 Å². The Labute approximate surface area is 188 Å². The number of benzene rings is 2. The van der Waals surface area contributed by atoms with Crippen LogP contribution in [0.25, 0.3) is 5.57 Å². The molecule has 158 valence electrons. The molecule has 0 spiro atoms. The van der Waals surface area contributed by atoms with Gasteiger partial charge in [-0.05, 0) is 54.1 Å². The molecule has 0 saturated heterocycles. The fourth-order valence-corrected chi connectivity index (χ4v) is 4.39. The van der Waals surface area contributed by atoms with Gasteiger partial charge in [0.05, 0.1) is 42.4 Å². The van der Waals surface area contributed by atoms with Gasteiger partial charge < -0.3 is 13.9 Å². The molecule has 0 fully saturated rings. The van der Waals surface area contributed by atoms with Crippen LogP contribution in [0.3, 0.4) is 0 Å². The van der Waals surface area contributed by atoms with Crippen molar-refractivity contribution in [1.82, 2.24) is 0 Å². The summed E-state index contributed by atoms with van der Waals surface area (Å²) in [6.45, 7) is 0. The molecule has 0 unspecified atom stereocenters. The van der Waals surface area contributed by atoms with E-state index < -0.39 is 11.8 Å². The topological polar surface area (TPSA) is 69.0 Å². The first kappa shape index (κ1) is 21.1. The van der Waals surface area contributed by atoms with E-state index in [0.717, 1.165) is 4.90 Å². The van der Waals surface area contributed by atoms with Crippen LogP contribution in [0.15, 0.2) is 70.2 Å². The maximum Gasteiger partial charge on any atom is 0.272 e. The van der Waals surface area contributed by atoms with E-state index in [1.54, 1.807) is 54.8 Å². The number of carbonyl (C=O) groups excluding carboxylic acids is 2. The number of furan rings is 1. The van der Waals surface area contributed by atoms with Gasteiger partial charge >= 0.3 is 0 Å². The van der Waals surface area contributed by atoms with Crippen molar-refractivity contribution in [2.24, 2.45) is 0 Å². The third kappa shape index (κ3) is 4.06. The Morgan fingerprint density at radius 3 is 2.35 bits per heavy atom. The van der Waals surface area contributed by atoms with Crippen LogP contribution < -0.4 is 14.4 Å². The zero-order chi connectivity index (χ0) is 22.0. The van der Waals surface area contributed by atoms with Gasteiger partial charge in [0.2, 0.25) is 0 Å². The molecule has 0 saturated carbocycles. The molecule has 2 amide bonds. The minimum absolute atomic E-state index is 0.303. The van der Waals surface area contributed by atoms with Crippen LogP contribution in [0, 0.1) is 0 Å². The second-order valence-electron chi connectivity index (χ2n) is 6.56. The van der Waals surface area contributed by atoms with Crippen molar-refractivity contribution in [3.63, 3.8) is 0 Å². The first-order valence-corrected chi connectivity index (χ1v) is 10.7. The molecule has 2 aromatic carbocycles. The van der Waals surface area contributed by atoms with Crippen molar-refractivity contribution in [2.75, 3.05) is 19.1 Å². The fraction of sp³-hybridized carbons (Fsp3) is 0.130. The second kappa shape index (κ2) is 8.91. The summed E-state index contributed by atoms with van der Waals surface area (Å²) in [7, 11) is 3.05. The maximum absolute atomic E-state index is 13.4. The van der Waals surface area contributed by atoms with Crippen molar-refractivity contribution in [2.45, 2.75) is 5.75 Å². The summed E-state index contributed by atoms with van der Waals surface area (Å²) in [6.07, 6.45) is 1.57. The number of methoxy groups -OCH3 is 2. The Bertz CT molecular complexity index is 1160. The zero-order valence-electron chi connectivity index (χ0n) is 16.8. The van der Waals surface area contributed by atoms with Gasteiger partial charge in [-0.3, -0.25) is 9.59 Å². The molecule has 1 aromatic heterocycles. The average molecular weight is 456 g/mol. The summed E-state index contributed by atoms with van der Waals surface area (Å²) < 4.78 is 16.1. The quantitative estimate of drug-likeness (QED) is 0.458. The standard InChI is InChI=1S/C23H18ClNO5S/c1-28-18-10-5-14(12-19(18)29-2)20-21(31-13-17-4-3-11-30-17)23(27)25(22(20)26)16-8-6-15(24)7-9-16/h3-12H,13H2,1-2H3. The number of hydrogen-bond donors (Lipinski definition) is 0. The van der Waals surface area contributed by atoms with Gasteiger partial charge in [0.25, 0.3) is 11.8 Å². The predicted octanol–water partition coefficient (Wildman–Crippen LogP) is 5.17. The van der Waals surface area contributed by atoms with Crippen molar-refractivity contribution in [3.8, 4) is 11.5 Å². The number of hydrogen-bond acceptors (Lipinski definition) is 6.